The minimum absolute atomic E-state index is 0.108. The predicted molar refractivity (Wildman–Crippen MR) is 405 cm³/mol. The van der Waals surface area contributed by atoms with Gasteiger partial charge in [0.25, 0.3) is 0 Å². The number of esters is 4. The van der Waals surface area contributed by atoms with Crippen molar-refractivity contribution in [3.8, 4) is 0 Å². The zero-order valence-corrected chi connectivity index (χ0v) is 66.6. The molecular formula is C80H156O17P2. The van der Waals surface area contributed by atoms with E-state index in [0.717, 1.165) is 102 Å². The van der Waals surface area contributed by atoms with Crippen LogP contribution in [0.25, 0.3) is 0 Å². The van der Waals surface area contributed by atoms with E-state index in [4.69, 9.17) is 37.0 Å². The molecule has 0 aliphatic carbocycles. The number of rotatable bonds is 79. The molecule has 0 aromatic heterocycles. The van der Waals surface area contributed by atoms with Gasteiger partial charge in [0.1, 0.15) is 19.3 Å². The Morgan fingerprint density at radius 3 is 0.768 bits per heavy atom. The molecule has 3 N–H and O–H groups in total. The van der Waals surface area contributed by atoms with Crippen molar-refractivity contribution >= 4 is 39.5 Å². The summed E-state index contributed by atoms with van der Waals surface area (Å²) in [5, 5.41) is 10.6. The largest absolute Gasteiger partial charge is 0.472 e. The summed E-state index contributed by atoms with van der Waals surface area (Å²) in [6.45, 7) is 9.69. The fraction of sp³-hybridized carbons (Fsp3) is 0.950. The number of aliphatic hydroxyl groups excluding tert-OH is 1. The molecule has 17 nitrogen and oxygen atoms in total. The number of carbonyl (C=O) groups is 4. The Balaban J connectivity index is 5.23. The zero-order valence-electron chi connectivity index (χ0n) is 64.8. The van der Waals surface area contributed by atoms with E-state index in [1.54, 1.807) is 0 Å². The molecule has 0 bridgehead atoms. The molecule has 0 heterocycles. The van der Waals surface area contributed by atoms with Gasteiger partial charge < -0.3 is 33.8 Å². The van der Waals surface area contributed by atoms with Gasteiger partial charge >= 0.3 is 39.5 Å². The number of hydrogen-bond acceptors (Lipinski definition) is 15. The molecule has 3 unspecified atom stereocenters. The van der Waals surface area contributed by atoms with Crippen LogP contribution in [-0.4, -0.2) is 96.7 Å². The van der Waals surface area contributed by atoms with Gasteiger partial charge in [-0.2, -0.15) is 0 Å². The molecule has 0 radical (unpaired) electrons. The van der Waals surface area contributed by atoms with Crippen molar-refractivity contribution in [3.05, 3.63) is 0 Å². The number of hydrogen-bond donors (Lipinski definition) is 3. The SMILES string of the molecule is CCCCCCCCCCCCCCCCCCC(=O)O[C@H](COC(=O)CCCCCCCCCCC)COP(=O)(O)OC[C@H](O)COP(=O)(O)OC[C@@H](COC(=O)CCCCCCCCCCCCCCCC(C)C)OC(=O)CCCCCCCCCCCCCCCCC(C)CC. The van der Waals surface area contributed by atoms with E-state index in [-0.39, 0.29) is 25.7 Å². The first-order valence-electron chi connectivity index (χ1n) is 41.5. The van der Waals surface area contributed by atoms with Crippen molar-refractivity contribution in [2.24, 2.45) is 11.8 Å². The van der Waals surface area contributed by atoms with Gasteiger partial charge in [0.05, 0.1) is 26.4 Å². The summed E-state index contributed by atoms with van der Waals surface area (Å²) in [5.41, 5.74) is 0. The maximum Gasteiger partial charge on any atom is 0.472 e. The summed E-state index contributed by atoms with van der Waals surface area (Å²) in [6, 6.07) is 0. The fourth-order valence-electron chi connectivity index (χ4n) is 12.3. The van der Waals surface area contributed by atoms with Crippen LogP contribution in [0.1, 0.15) is 420 Å². The molecule has 0 amide bonds. The van der Waals surface area contributed by atoms with Crippen molar-refractivity contribution in [2.45, 2.75) is 439 Å². The number of carbonyl (C=O) groups excluding carboxylic acids is 4. The zero-order chi connectivity index (χ0) is 72.8. The Labute approximate surface area is 607 Å². The molecule has 0 saturated carbocycles. The number of ether oxygens (including phenoxy) is 4. The number of unbranched alkanes of at least 4 members (excludes halogenated alkanes) is 48. The van der Waals surface area contributed by atoms with E-state index in [1.165, 1.54) is 238 Å². The van der Waals surface area contributed by atoms with Gasteiger partial charge in [-0.25, -0.2) is 9.13 Å². The molecule has 588 valence electrons. The molecule has 0 aromatic carbocycles. The average molecular weight is 1450 g/mol. The van der Waals surface area contributed by atoms with Gasteiger partial charge in [-0.3, -0.25) is 37.3 Å². The molecule has 0 spiro atoms. The van der Waals surface area contributed by atoms with Crippen LogP contribution in [0.3, 0.4) is 0 Å². The lowest BCUT2D eigenvalue weighted by atomic mass is 9.99. The van der Waals surface area contributed by atoms with Gasteiger partial charge in [0.2, 0.25) is 0 Å². The summed E-state index contributed by atoms with van der Waals surface area (Å²) < 4.78 is 68.7. The van der Waals surface area contributed by atoms with Crippen LogP contribution in [0.15, 0.2) is 0 Å². The highest BCUT2D eigenvalue weighted by atomic mass is 31.2. The van der Waals surface area contributed by atoms with Crippen LogP contribution in [-0.2, 0) is 65.4 Å². The summed E-state index contributed by atoms with van der Waals surface area (Å²) >= 11 is 0. The first-order chi connectivity index (χ1) is 47.9. The Bertz CT molecular complexity index is 1910. The molecule has 0 aromatic rings. The molecule has 6 atom stereocenters. The third kappa shape index (κ3) is 72.8. The van der Waals surface area contributed by atoms with Crippen LogP contribution < -0.4 is 0 Å². The molecule has 99 heavy (non-hydrogen) atoms. The summed E-state index contributed by atoms with van der Waals surface area (Å²) in [6.07, 6.45) is 60.9. The standard InChI is InChI=1S/C80H156O17P2/c1-7-10-12-14-16-18-19-20-21-22-28-34-40-46-52-58-64-79(84)96-75(68-90-77(82)62-56-50-44-36-17-15-13-11-8-2)70-94-98(86,87)92-66-74(81)67-93-99(88,89)95-71-76(69-91-78(83)63-57-51-45-39-33-30-25-26-31-37-42-48-54-60-72(4)5)97-80(85)65-59-53-47-41-35-29-24-23-27-32-38-43-49-55-61-73(6)9-3/h72-76,81H,7-71H2,1-6H3,(H,86,87)(H,88,89)/t73?,74-,75+,76+/m0/s1. The predicted octanol–water partition coefficient (Wildman–Crippen LogP) is 23.9. The molecule has 0 aliphatic rings. The maximum absolute atomic E-state index is 13.1. The van der Waals surface area contributed by atoms with Crippen molar-refractivity contribution in [2.75, 3.05) is 39.6 Å². The van der Waals surface area contributed by atoms with E-state index in [0.29, 0.717) is 25.7 Å². The highest BCUT2D eigenvalue weighted by Crippen LogP contribution is 2.45. The minimum Gasteiger partial charge on any atom is -0.462 e. The Morgan fingerprint density at radius 2 is 0.515 bits per heavy atom. The molecule has 0 fully saturated rings. The lowest BCUT2D eigenvalue weighted by molar-refractivity contribution is -0.161. The van der Waals surface area contributed by atoms with E-state index in [9.17, 15) is 43.2 Å². The van der Waals surface area contributed by atoms with Crippen molar-refractivity contribution in [1.29, 1.82) is 0 Å². The van der Waals surface area contributed by atoms with Crippen LogP contribution in [0, 0.1) is 11.8 Å². The smallest absolute Gasteiger partial charge is 0.462 e. The number of aliphatic hydroxyl groups is 1. The fourth-order valence-corrected chi connectivity index (χ4v) is 13.9. The van der Waals surface area contributed by atoms with Crippen molar-refractivity contribution < 1.29 is 80.2 Å². The quantitative estimate of drug-likeness (QED) is 0.0222. The molecule has 0 rings (SSSR count). The molecular weight excluding hydrogens is 1290 g/mol. The minimum atomic E-state index is -4.96. The number of phosphoric acid groups is 2. The lowest BCUT2D eigenvalue weighted by Gasteiger charge is -2.21. The Morgan fingerprint density at radius 1 is 0.293 bits per heavy atom. The number of phosphoric ester groups is 2. The highest BCUT2D eigenvalue weighted by molar-refractivity contribution is 7.47. The van der Waals surface area contributed by atoms with Crippen molar-refractivity contribution in [3.63, 3.8) is 0 Å². The van der Waals surface area contributed by atoms with E-state index < -0.39 is 97.5 Å². The third-order valence-electron chi connectivity index (χ3n) is 19.1. The van der Waals surface area contributed by atoms with Crippen LogP contribution in [0.2, 0.25) is 0 Å². The van der Waals surface area contributed by atoms with Crippen molar-refractivity contribution in [1.82, 2.24) is 0 Å². The highest BCUT2D eigenvalue weighted by Gasteiger charge is 2.30. The second-order valence-corrected chi connectivity index (χ2v) is 32.4. The van der Waals surface area contributed by atoms with Crippen LogP contribution >= 0.6 is 15.6 Å². The maximum atomic E-state index is 13.1. The third-order valence-corrected chi connectivity index (χ3v) is 21.0. The second-order valence-electron chi connectivity index (χ2n) is 29.5. The molecule has 0 aliphatic heterocycles. The van der Waals surface area contributed by atoms with Gasteiger partial charge in [-0.15, -0.1) is 0 Å². The average Bonchev–Trinajstić information content (AvgIpc) is 1.20. The topological polar surface area (TPSA) is 237 Å². The monoisotopic (exact) mass is 1450 g/mol. The van der Waals surface area contributed by atoms with Gasteiger partial charge in [0.15, 0.2) is 12.2 Å². The molecule has 0 saturated heterocycles. The summed E-state index contributed by atoms with van der Waals surface area (Å²) in [5.74, 6) is -0.472. The van der Waals surface area contributed by atoms with E-state index in [2.05, 4.69) is 41.5 Å². The van der Waals surface area contributed by atoms with Crippen LogP contribution in [0.4, 0.5) is 0 Å². The van der Waals surface area contributed by atoms with E-state index >= 15 is 0 Å². The van der Waals surface area contributed by atoms with Gasteiger partial charge in [-0.1, -0.05) is 369 Å². The second kappa shape index (κ2) is 71.7. The van der Waals surface area contributed by atoms with Gasteiger partial charge in [0, 0.05) is 25.7 Å². The first-order valence-corrected chi connectivity index (χ1v) is 44.5. The Hall–Kier alpha value is -1.94. The van der Waals surface area contributed by atoms with Crippen LogP contribution in [0.5, 0.6) is 0 Å². The Kier molecular flexibility index (Phi) is 70.3. The summed E-state index contributed by atoms with van der Waals surface area (Å²) in [7, 11) is -9.92. The van der Waals surface area contributed by atoms with Gasteiger partial charge in [-0.05, 0) is 37.5 Å². The first kappa shape index (κ1) is 97.1. The molecule has 19 heteroatoms. The van der Waals surface area contributed by atoms with E-state index in [1.807, 2.05) is 0 Å². The normalized spacial score (nSPS) is 14.2. The summed E-state index contributed by atoms with van der Waals surface area (Å²) in [4.78, 5) is 73.0. The lowest BCUT2D eigenvalue weighted by Crippen LogP contribution is -2.30.